The Morgan fingerprint density at radius 1 is 0.784 bits per heavy atom. The number of amides is 2. The Morgan fingerprint density at radius 3 is 1.84 bits per heavy atom. The van der Waals surface area contributed by atoms with Gasteiger partial charge in [0.15, 0.2) is 5.11 Å². The SMILES string of the molecule is CC(C)Cc1ccc(C(C)C(=O)NC(=S)Nc2ccc(NC(=O)c3ccc(C(C)(C)C)cc3)cc2)cc1. The molecule has 3 N–H and O–H groups in total. The van der Waals surface area contributed by atoms with Crippen molar-refractivity contribution in [2.45, 2.75) is 59.3 Å². The molecule has 0 spiro atoms. The zero-order chi connectivity index (χ0) is 27.2. The highest BCUT2D eigenvalue weighted by molar-refractivity contribution is 7.80. The van der Waals surface area contributed by atoms with Crippen LogP contribution in [0.15, 0.2) is 72.8 Å². The second-order valence-corrected chi connectivity index (χ2v) is 11.3. The number of thiocarbonyl (C=S) groups is 1. The average Bonchev–Trinajstić information content (AvgIpc) is 2.84. The maximum atomic E-state index is 12.7. The second-order valence-electron chi connectivity index (χ2n) is 10.9. The molecule has 6 heteroatoms. The van der Waals surface area contributed by atoms with Crippen LogP contribution < -0.4 is 16.0 Å². The number of hydrogen-bond donors (Lipinski definition) is 3. The van der Waals surface area contributed by atoms with Gasteiger partial charge in [-0.15, -0.1) is 0 Å². The molecule has 37 heavy (non-hydrogen) atoms. The van der Waals surface area contributed by atoms with Crippen molar-refractivity contribution in [3.63, 3.8) is 0 Å². The zero-order valence-corrected chi connectivity index (χ0v) is 23.3. The predicted molar refractivity (Wildman–Crippen MR) is 157 cm³/mol. The van der Waals surface area contributed by atoms with Crippen LogP contribution in [0.25, 0.3) is 0 Å². The number of anilines is 2. The number of hydrogen-bond acceptors (Lipinski definition) is 3. The van der Waals surface area contributed by atoms with Gasteiger partial charge in [-0.25, -0.2) is 0 Å². The van der Waals surface area contributed by atoms with Gasteiger partial charge in [0.25, 0.3) is 5.91 Å². The van der Waals surface area contributed by atoms with Gasteiger partial charge < -0.3 is 16.0 Å². The van der Waals surface area contributed by atoms with Crippen molar-refractivity contribution < 1.29 is 9.59 Å². The molecule has 0 saturated carbocycles. The quantitative estimate of drug-likeness (QED) is 0.295. The van der Waals surface area contributed by atoms with Crippen LogP contribution in [0.2, 0.25) is 0 Å². The van der Waals surface area contributed by atoms with Gasteiger partial charge >= 0.3 is 0 Å². The van der Waals surface area contributed by atoms with E-state index in [1.807, 2.05) is 43.3 Å². The van der Waals surface area contributed by atoms with Gasteiger partial charge in [0.05, 0.1) is 5.92 Å². The lowest BCUT2D eigenvalue weighted by atomic mass is 9.87. The number of benzene rings is 3. The van der Waals surface area contributed by atoms with E-state index in [4.69, 9.17) is 12.2 Å². The van der Waals surface area contributed by atoms with Crippen molar-refractivity contribution in [2.75, 3.05) is 10.6 Å². The van der Waals surface area contributed by atoms with Crippen molar-refractivity contribution in [3.8, 4) is 0 Å². The summed E-state index contributed by atoms with van der Waals surface area (Å²) in [5.41, 5.74) is 5.40. The van der Waals surface area contributed by atoms with Crippen LogP contribution in [-0.2, 0) is 16.6 Å². The maximum absolute atomic E-state index is 12.7. The van der Waals surface area contributed by atoms with Crippen LogP contribution in [0.3, 0.4) is 0 Å². The summed E-state index contributed by atoms with van der Waals surface area (Å²) < 4.78 is 0. The molecule has 0 aliphatic heterocycles. The van der Waals surface area contributed by atoms with Crippen molar-refractivity contribution in [2.24, 2.45) is 5.92 Å². The summed E-state index contributed by atoms with van der Waals surface area (Å²) in [5, 5.41) is 8.93. The monoisotopic (exact) mass is 515 g/mol. The van der Waals surface area contributed by atoms with Crippen LogP contribution in [0.1, 0.15) is 74.5 Å². The Morgan fingerprint density at radius 2 is 1.32 bits per heavy atom. The molecular formula is C31H37N3O2S. The predicted octanol–water partition coefficient (Wildman–Crippen LogP) is 7.05. The first-order valence-electron chi connectivity index (χ1n) is 12.6. The van der Waals surface area contributed by atoms with Crippen LogP contribution >= 0.6 is 12.2 Å². The van der Waals surface area contributed by atoms with Crippen LogP contribution in [0, 0.1) is 5.92 Å². The Hall–Kier alpha value is -3.51. The van der Waals surface area contributed by atoms with Gasteiger partial charge in [-0.2, -0.15) is 0 Å². The van der Waals surface area contributed by atoms with Crippen molar-refractivity contribution in [1.82, 2.24) is 5.32 Å². The summed E-state index contributed by atoms with van der Waals surface area (Å²) in [6.45, 7) is 12.7. The summed E-state index contributed by atoms with van der Waals surface area (Å²) >= 11 is 5.34. The van der Waals surface area contributed by atoms with E-state index in [2.05, 4.69) is 62.7 Å². The first-order chi connectivity index (χ1) is 17.4. The summed E-state index contributed by atoms with van der Waals surface area (Å²) in [6.07, 6.45) is 1.02. The van der Waals surface area contributed by atoms with E-state index in [0.717, 1.165) is 12.0 Å². The summed E-state index contributed by atoms with van der Waals surface area (Å²) in [5.74, 6) is -0.0836. The van der Waals surface area contributed by atoms with E-state index in [1.54, 1.807) is 24.3 Å². The van der Waals surface area contributed by atoms with Gasteiger partial charge in [0, 0.05) is 16.9 Å². The minimum absolute atomic E-state index is 0.0364. The summed E-state index contributed by atoms with van der Waals surface area (Å²) in [7, 11) is 0. The van der Waals surface area contributed by atoms with Crippen molar-refractivity contribution in [1.29, 1.82) is 0 Å². The van der Waals surface area contributed by atoms with Gasteiger partial charge in [-0.3, -0.25) is 9.59 Å². The van der Waals surface area contributed by atoms with Crippen molar-refractivity contribution >= 4 is 40.5 Å². The van der Waals surface area contributed by atoms with Gasteiger partial charge in [-0.05, 0) is 90.0 Å². The molecule has 194 valence electrons. The third kappa shape index (κ3) is 8.25. The molecular weight excluding hydrogens is 478 g/mol. The minimum atomic E-state index is -0.331. The number of nitrogens with one attached hydrogen (secondary N) is 3. The fourth-order valence-electron chi connectivity index (χ4n) is 3.91. The molecule has 0 saturated heterocycles. The zero-order valence-electron chi connectivity index (χ0n) is 22.5. The molecule has 2 amide bonds. The lowest BCUT2D eigenvalue weighted by Gasteiger charge is -2.19. The Kier molecular flexibility index (Phi) is 9.22. The average molecular weight is 516 g/mol. The lowest BCUT2D eigenvalue weighted by molar-refractivity contribution is -0.120. The molecule has 1 unspecified atom stereocenters. The highest BCUT2D eigenvalue weighted by atomic mass is 32.1. The first-order valence-corrected chi connectivity index (χ1v) is 13.1. The molecule has 5 nitrogen and oxygen atoms in total. The van der Waals surface area contributed by atoms with E-state index in [1.165, 1.54) is 11.1 Å². The molecule has 3 aromatic carbocycles. The third-order valence-electron chi connectivity index (χ3n) is 6.17. The number of carbonyl (C=O) groups is 2. The summed E-state index contributed by atoms with van der Waals surface area (Å²) in [4.78, 5) is 25.3. The van der Waals surface area contributed by atoms with E-state index >= 15 is 0 Å². The smallest absolute Gasteiger partial charge is 0.255 e. The molecule has 0 aliphatic carbocycles. The highest BCUT2D eigenvalue weighted by Gasteiger charge is 2.17. The first kappa shape index (κ1) is 28.1. The fourth-order valence-corrected chi connectivity index (χ4v) is 4.13. The molecule has 3 rings (SSSR count). The van der Waals surface area contributed by atoms with E-state index in [9.17, 15) is 9.59 Å². The van der Waals surface area contributed by atoms with E-state index in [0.29, 0.717) is 22.9 Å². The minimum Gasteiger partial charge on any atom is -0.332 e. The molecule has 0 bridgehead atoms. The molecule has 0 heterocycles. The Bertz CT molecular complexity index is 1230. The van der Waals surface area contributed by atoms with Gasteiger partial charge in [-0.1, -0.05) is 71.0 Å². The molecule has 0 fully saturated rings. The fraction of sp³-hybridized carbons (Fsp3) is 0.323. The Labute approximate surface area is 226 Å². The second kappa shape index (κ2) is 12.2. The lowest BCUT2D eigenvalue weighted by Crippen LogP contribution is -2.36. The van der Waals surface area contributed by atoms with Crippen LogP contribution in [-0.4, -0.2) is 16.9 Å². The van der Waals surface area contributed by atoms with Crippen LogP contribution in [0.4, 0.5) is 11.4 Å². The highest BCUT2D eigenvalue weighted by Crippen LogP contribution is 2.23. The van der Waals surface area contributed by atoms with E-state index in [-0.39, 0.29) is 28.3 Å². The van der Waals surface area contributed by atoms with Gasteiger partial charge in [0.2, 0.25) is 5.91 Å². The molecule has 1 atom stereocenters. The third-order valence-corrected chi connectivity index (χ3v) is 6.37. The largest absolute Gasteiger partial charge is 0.332 e. The number of rotatable bonds is 7. The topological polar surface area (TPSA) is 70.2 Å². The van der Waals surface area contributed by atoms with Gasteiger partial charge in [0.1, 0.15) is 0 Å². The maximum Gasteiger partial charge on any atom is 0.255 e. The van der Waals surface area contributed by atoms with E-state index < -0.39 is 0 Å². The normalized spacial score (nSPS) is 12.1. The summed E-state index contributed by atoms with van der Waals surface area (Å²) in [6, 6.07) is 23.0. The molecule has 0 aliphatic rings. The molecule has 0 aromatic heterocycles. The molecule has 0 radical (unpaired) electrons. The standard InChI is InChI=1S/C31H37N3O2S/c1-20(2)19-22-7-9-23(10-8-22)21(3)28(35)34-30(37)33-27-17-15-26(16-18-27)32-29(36)24-11-13-25(14-12-24)31(4,5)6/h7-18,20-21H,19H2,1-6H3,(H,32,36)(H2,33,34,35,37). The Balaban J connectivity index is 1.51. The van der Waals surface area contributed by atoms with Crippen molar-refractivity contribution in [3.05, 3.63) is 95.1 Å². The van der Waals surface area contributed by atoms with Crippen LogP contribution in [0.5, 0.6) is 0 Å². The number of carbonyl (C=O) groups excluding carboxylic acids is 2. The molecule has 3 aromatic rings.